The molecule has 0 bridgehead atoms. The van der Waals surface area contributed by atoms with Crippen molar-refractivity contribution >= 4 is 38.5 Å². The van der Waals surface area contributed by atoms with Gasteiger partial charge in [0.05, 0.1) is 22.9 Å². The number of benzene rings is 1. The van der Waals surface area contributed by atoms with E-state index in [9.17, 15) is 5.11 Å². The van der Waals surface area contributed by atoms with Crippen LogP contribution in [0.2, 0.25) is 0 Å². The molecule has 0 amide bonds. The highest BCUT2D eigenvalue weighted by atomic mass is 127. The highest BCUT2D eigenvalue weighted by molar-refractivity contribution is 14.1. The van der Waals surface area contributed by atoms with E-state index in [2.05, 4.69) is 48.5 Å². The number of hydrogen-bond acceptors (Lipinski definition) is 3. The molecule has 0 aliphatic carbocycles. The number of aromatic nitrogens is 2. The summed E-state index contributed by atoms with van der Waals surface area (Å²) in [5, 5.41) is 15.0. The van der Waals surface area contributed by atoms with E-state index in [-0.39, 0.29) is 0 Å². The molecular formula is C14H17BrIN3O. The Morgan fingerprint density at radius 1 is 1.40 bits per heavy atom. The monoisotopic (exact) mass is 449 g/mol. The highest BCUT2D eigenvalue weighted by Gasteiger charge is 2.21. The first kappa shape index (κ1) is 15.9. The number of nitrogens with zero attached hydrogens (tertiary/aromatic N) is 3. The van der Waals surface area contributed by atoms with Crippen LogP contribution in [-0.4, -0.2) is 40.4 Å². The molecule has 0 spiro atoms. The van der Waals surface area contributed by atoms with Crippen molar-refractivity contribution in [3.05, 3.63) is 49.8 Å². The normalized spacial score (nSPS) is 12.9. The van der Waals surface area contributed by atoms with Crippen LogP contribution in [0.4, 0.5) is 0 Å². The minimum absolute atomic E-state index is 0.679. The number of likely N-dealkylation sites (N-methyl/N-ethyl adjacent to an activating group) is 1. The maximum absolute atomic E-state index is 10.7. The summed E-state index contributed by atoms with van der Waals surface area (Å²) in [4.78, 5) is 2.10. The summed E-state index contributed by atoms with van der Waals surface area (Å²) in [6.07, 6.45) is 1.06. The summed E-state index contributed by atoms with van der Waals surface area (Å²) in [5.74, 6) is 0. The van der Waals surface area contributed by atoms with Gasteiger partial charge in [0.2, 0.25) is 0 Å². The third kappa shape index (κ3) is 3.60. The van der Waals surface area contributed by atoms with Crippen LogP contribution in [0, 0.1) is 3.57 Å². The van der Waals surface area contributed by atoms with Gasteiger partial charge in [-0.15, -0.1) is 0 Å². The number of rotatable bonds is 5. The van der Waals surface area contributed by atoms with Gasteiger partial charge in [0, 0.05) is 10.1 Å². The van der Waals surface area contributed by atoms with Crippen LogP contribution in [0.15, 0.2) is 34.9 Å². The third-order valence-corrected chi connectivity index (χ3v) is 4.64. The van der Waals surface area contributed by atoms with Crippen molar-refractivity contribution in [3.63, 3.8) is 0 Å². The Kier molecular flexibility index (Phi) is 5.59. The van der Waals surface area contributed by atoms with E-state index in [1.165, 1.54) is 0 Å². The highest BCUT2D eigenvalue weighted by Crippen LogP contribution is 2.30. The number of hydrogen-bond donors (Lipinski definition) is 1. The molecule has 4 nitrogen and oxygen atoms in total. The second-order valence-electron chi connectivity index (χ2n) is 4.83. The predicted molar refractivity (Wildman–Crippen MR) is 91.7 cm³/mol. The lowest BCUT2D eigenvalue weighted by Crippen LogP contribution is -2.21. The molecule has 0 fully saturated rings. The molecule has 2 aromatic rings. The number of halogens is 2. The lowest BCUT2D eigenvalue weighted by Gasteiger charge is -2.17. The number of aliphatic hydroxyl groups is 1. The molecule has 20 heavy (non-hydrogen) atoms. The number of aliphatic hydroxyl groups excluding tert-OH is 1. The fourth-order valence-corrected chi connectivity index (χ4v) is 3.16. The molecule has 1 atom stereocenters. The van der Waals surface area contributed by atoms with E-state index in [0.29, 0.717) is 0 Å². The maximum Gasteiger partial charge on any atom is 0.123 e. The van der Waals surface area contributed by atoms with Crippen LogP contribution in [0.3, 0.4) is 0 Å². The SMILES string of the molecule is CN(C)CCn1ncc(Br)c1C(O)c1ccccc1I. The Hall–Kier alpha value is -0.440. The van der Waals surface area contributed by atoms with Crippen molar-refractivity contribution in [2.24, 2.45) is 0 Å². The van der Waals surface area contributed by atoms with Gasteiger partial charge in [-0.3, -0.25) is 4.68 Å². The van der Waals surface area contributed by atoms with E-state index in [1.54, 1.807) is 6.20 Å². The van der Waals surface area contributed by atoms with E-state index >= 15 is 0 Å². The molecule has 0 radical (unpaired) electrons. The van der Waals surface area contributed by atoms with Gasteiger partial charge in [-0.25, -0.2) is 0 Å². The van der Waals surface area contributed by atoms with Crippen LogP contribution >= 0.6 is 38.5 Å². The molecule has 108 valence electrons. The lowest BCUT2D eigenvalue weighted by molar-refractivity contribution is 0.204. The minimum Gasteiger partial charge on any atom is -0.382 e. The molecular weight excluding hydrogens is 433 g/mol. The van der Waals surface area contributed by atoms with Gasteiger partial charge in [0.1, 0.15) is 6.10 Å². The van der Waals surface area contributed by atoms with Gasteiger partial charge in [0.15, 0.2) is 0 Å². The smallest absolute Gasteiger partial charge is 0.123 e. The molecule has 0 aliphatic rings. The average Bonchev–Trinajstić information content (AvgIpc) is 2.77. The molecule has 6 heteroatoms. The predicted octanol–water partition coefficient (Wildman–Crippen LogP) is 2.89. The first-order valence-corrected chi connectivity index (χ1v) is 8.16. The Balaban J connectivity index is 2.32. The van der Waals surface area contributed by atoms with Crippen LogP contribution in [0.1, 0.15) is 17.4 Å². The minimum atomic E-state index is -0.679. The van der Waals surface area contributed by atoms with Gasteiger partial charge in [-0.2, -0.15) is 5.10 Å². The van der Waals surface area contributed by atoms with E-state index < -0.39 is 6.10 Å². The molecule has 0 saturated heterocycles. The molecule has 2 rings (SSSR count). The Morgan fingerprint density at radius 3 is 2.75 bits per heavy atom. The maximum atomic E-state index is 10.7. The fourth-order valence-electron chi connectivity index (χ4n) is 1.96. The summed E-state index contributed by atoms with van der Waals surface area (Å²) in [6.45, 7) is 1.62. The van der Waals surface area contributed by atoms with Gasteiger partial charge in [0.25, 0.3) is 0 Å². The van der Waals surface area contributed by atoms with Gasteiger partial charge in [-0.05, 0) is 64.2 Å². The van der Waals surface area contributed by atoms with E-state index in [4.69, 9.17) is 0 Å². The van der Waals surface area contributed by atoms with Gasteiger partial charge in [-0.1, -0.05) is 18.2 Å². The summed E-state index contributed by atoms with van der Waals surface area (Å²) in [6, 6.07) is 7.85. The van der Waals surface area contributed by atoms with Crippen molar-refractivity contribution < 1.29 is 5.11 Å². The van der Waals surface area contributed by atoms with Crippen molar-refractivity contribution in [2.75, 3.05) is 20.6 Å². The van der Waals surface area contributed by atoms with E-state index in [0.717, 1.165) is 32.4 Å². The summed E-state index contributed by atoms with van der Waals surface area (Å²) >= 11 is 5.73. The lowest BCUT2D eigenvalue weighted by atomic mass is 10.1. The third-order valence-electron chi connectivity index (χ3n) is 3.05. The molecule has 1 aromatic heterocycles. The van der Waals surface area contributed by atoms with Gasteiger partial charge >= 0.3 is 0 Å². The van der Waals surface area contributed by atoms with Crippen molar-refractivity contribution in [2.45, 2.75) is 12.6 Å². The fraction of sp³-hybridized carbons (Fsp3) is 0.357. The zero-order chi connectivity index (χ0) is 14.7. The molecule has 0 saturated carbocycles. The van der Waals surface area contributed by atoms with Crippen LogP contribution in [0.5, 0.6) is 0 Å². The molecule has 1 aromatic carbocycles. The van der Waals surface area contributed by atoms with Crippen molar-refractivity contribution in [1.82, 2.24) is 14.7 Å². The topological polar surface area (TPSA) is 41.3 Å². The largest absolute Gasteiger partial charge is 0.382 e. The van der Waals surface area contributed by atoms with Gasteiger partial charge < -0.3 is 10.0 Å². The molecule has 0 aliphatic heterocycles. The molecule has 1 heterocycles. The standard InChI is InChI=1S/C14H17BrIN3O/c1-18(2)7-8-19-13(11(15)9-17-19)14(20)10-5-3-4-6-12(10)16/h3-6,9,14,20H,7-8H2,1-2H3. The second kappa shape index (κ2) is 7.02. The first-order chi connectivity index (χ1) is 9.50. The van der Waals surface area contributed by atoms with Crippen molar-refractivity contribution in [1.29, 1.82) is 0 Å². The zero-order valence-corrected chi connectivity index (χ0v) is 15.2. The Morgan fingerprint density at radius 2 is 2.10 bits per heavy atom. The zero-order valence-electron chi connectivity index (χ0n) is 11.4. The van der Waals surface area contributed by atoms with Crippen molar-refractivity contribution in [3.8, 4) is 0 Å². The molecule has 1 N–H and O–H groups in total. The Bertz CT molecular complexity index is 586. The quantitative estimate of drug-likeness (QED) is 0.713. The van der Waals surface area contributed by atoms with E-state index in [1.807, 2.05) is 43.0 Å². The van der Waals surface area contributed by atoms with Crippen LogP contribution < -0.4 is 0 Å². The van der Waals surface area contributed by atoms with Crippen LogP contribution in [-0.2, 0) is 6.54 Å². The summed E-state index contributed by atoms with van der Waals surface area (Å²) < 4.78 is 3.74. The molecule has 1 unspecified atom stereocenters. The average molecular weight is 450 g/mol. The summed E-state index contributed by atoms with van der Waals surface area (Å²) in [5.41, 5.74) is 1.70. The summed E-state index contributed by atoms with van der Waals surface area (Å²) in [7, 11) is 4.05. The second-order valence-corrected chi connectivity index (χ2v) is 6.84. The van der Waals surface area contributed by atoms with Crippen LogP contribution in [0.25, 0.3) is 0 Å². The Labute approximate surface area is 141 Å². The first-order valence-electron chi connectivity index (χ1n) is 6.29.